The van der Waals surface area contributed by atoms with Crippen molar-refractivity contribution in [1.82, 2.24) is 20.1 Å². The Morgan fingerprint density at radius 1 is 0.829 bits per heavy atom. The number of thiazole rings is 1. The van der Waals surface area contributed by atoms with E-state index in [9.17, 15) is 14.4 Å². The Balaban J connectivity index is 1.13. The Morgan fingerprint density at radius 3 is 2.20 bits per heavy atom. The standard InChI is InChI=1S/C26H29N5O3S/c32-23(29-25-28-21-8-4-5-9-22(21)35-25)18-10-12-19(13-11-18)24(33)30-14-16-31(17-15-30)26(34)27-20-6-2-1-3-7-20/h4-5,8-13,20H,1-3,6-7,14-17H2,(H,27,34)(H,28,29,32). The van der Waals surface area contributed by atoms with E-state index in [1.165, 1.54) is 30.6 Å². The number of fused-ring (bicyclic) bond motifs is 1. The van der Waals surface area contributed by atoms with E-state index in [0.717, 1.165) is 23.1 Å². The first kappa shape index (κ1) is 23.3. The van der Waals surface area contributed by atoms with Crippen LogP contribution in [0.4, 0.5) is 9.93 Å². The Kier molecular flexibility index (Phi) is 6.94. The minimum absolute atomic E-state index is 0.0208. The molecule has 9 heteroatoms. The molecule has 5 rings (SSSR count). The van der Waals surface area contributed by atoms with Crippen LogP contribution in [0.25, 0.3) is 10.2 Å². The summed E-state index contributed by atoms with van der Waals surface area (Å²) < 4.78 is 1.01. The monoisotopic (exact) mass is 491 g/mol. The molecule has 3 aromatic rings. The van der Waals surface area contributed by atoms with Gasteiger partial charge in [0.2, 0.25) is 0 Å². The second-order valence-corrected chi connectivity index (χ2v) is 10.1. The number of nitrogens with zero attached hydrogens (tertiary/aromatic N) is 3. The van der Waals surface area contributed by atoms with Gasteiger partial charge < -0.3 is 15.1 Å². The van der Waals surface area contributed by atoms with Crippen LogP contribution in [0, 0.1) is 0 Å². The zero-order chi connectivity index (χ0) is 24.2. The first-order valence-electron chi connectivity index (χ1n) is 12.2. The Labute approximate surface area is 208 Å². The molecule has 4 amide bonds. The molecule has 2 heterocycles. The number of carbonyl (C=O) groups excluding carboxylic acids is 3. The molecule has 35 heavy (non-hydrogen) atoms. The predicted octanol–water partition coefficient (Wildman–Crippen LogP) is 4.35. The highest BCUT2D eigenvalue weighted by molar-refractivity contribution is 7.22. The lowest BCUT2D eigenvalue weighted by atomic mass is 9.96. The highest BCUT2D eigenvalue weighted by Gasteiger charge is 2.26. The number of urea groups is 1. The molecule has 1 aliphatic carbocycles. The van der Waals surface area contributed by atoms with Crippen LogP contribution >= 0.6 is 11.3 Å². The summed E-state index contributed by atoms with van der Waals surface area (Å²) in [6, 6.07) is 14.7. The van der Waals surface area contributed by atoms with Gasteiger partial charge in [-0.05, 0) is 49.2 Å². The van der Waals surface area contributed by atoms with Crippen LogP contribution in [0.1, 0.15) is 52.8 Å². The number of carbonyl (C=O) groups is 3. The molecule has 1 saturated carbocycles. The maximum atomic E-state index is 13.0. The molecule has 2 aliphatic rings. The van der Waals surface area contributed by atoms with Crippen molar-refractivity contribution in [3.8, 4) is 0 Å². The van der Waals surface area contributed by atoms with E-state index >= 15 is 0 Å². The van der Waals surface area contributed by atoms with Gasteiger partial charge in [0.15, 0.2) is 5.13 Å². The summed E-state index contributed by atoms with van der Waals surface area (Å²) in [5, 5.41) is 6.53. The van der Waals surface area contributed by atoms with Gasteiger partial charge in [-0.15, -0.1) is 0 Å². The molecule has 0 bridgehead atoms. The molecule has 8 nitrogen and oxygen atoms in total. The average molecular weight is 492 g/mol. The molecule has 182 valence electrons. The van der Waals surface area contributed by atoms with Gasteiger partial charge in [-0.25, -0.2) is 9.78 Å². The fourth-order valence-corrected chi connectivity index (χ4v) is 5.53. The molecule has 0 unspecified atom stereocenters. The summed E-state index contributed by atoms with van der Waals surface area (Å²) in [6.45, 7) is 2.04. The van der Waals surface area contributed by atoms with E-state index in [1.807, 2.05) is 24.3 Å². The third-order valence-corrected chi connectivity index (χ3v) is 7.65. The van der Waals surface area contributed by atoms with Crippen molar-refractivity contribution in [3.63, 3.8) is 0 Å². The molecule has 0 spiro atoms. The van der Waals surface area contributed by atoms with Crippen LogP contribution in [0.2, 0.25) is 0 Å². The number of hydrogen-bond donors (Lipinski definition) is 2. The minimum Gasteiger partial charge on any atom is -0.335 e. The van der Waals surface area contributed by atoms with E-state index in [0.29, 0.717) is 42.4 Å². The zero-order valence-corrected chi connectivity index (χ0v) is 20.4. The van der Waals surface area contributed by atoms with Crippen molar-refractivity contribution in [2.24, 2.45) is 0 Å². The third-order valence-electron chi connectivity index (χ3n) is 6.70. The van der Waals surface area contributed by atoms with E-state index in [4.69, 9.17) is 0 Å². The lowest BCUT2D eigenvalue weighted by Crippen LogP contribution is -2.54. The molecule has 0 atom stereocenters. The van der Waals surface area contributed by atoms with Gasteiger partial charge in [0.25, 0.3) is 11.8 Å². The molecule has 2 aromatic carbocycles. The van der Waals surface area contributed by atoms with Gasteiger partial charge in [-0.1, -0.05) is 42.7 Å². The number of piperazine rings is 1. The third kappa shape index (κ3) is 5.45. The Hall–Kier alpha value is -3.46. The quantitative estimate of drug-likeness (QED) is 0.567. The van der Waals surface area contributed by atoms with Crippen LogP contribution in [-0.2, 0) is 0 Å². The van der Waals surface area contributed by atoms with Gasteiger partial charge in [-0.3, -0.25) is 14.9 Å². The van der Waals surface area contributed by atoms with E-state index < -0.39 is 0 Å². The van der Waals surface area contributed by atoms with Crippen molar-refractivity contribution >= 4 is 44.5 Å². The maximum Gasteiger partial charge on any atom is 0.317 e. The van der Waals surface area contributed by atoms with Gasteiger partial charge in [0.05, 0.1) is 10.2 Å². The first-order valence-corrected chi connectivity index (χ1v) is 13.0. The van der Waals surface area contributed by atoms with Crippen molar-refractivity contribution in [2.45, 2.75) is 38.1 Å². The summed E-state index contributed by atoms with van der Waals surface area (Å²) in [5.74, 6) is -0.351. The SMILES string of the molecule is O=C(Nc1nc2ccccc2s1)c1ccc(C(=O)N2CCN(C(=O)NC3CCCCC3)CC2)cc1. The fraction of sp³-hybridized carbons (Fsp3) is 0.385. The van der Waals surface area contributed by atoms with Crippen LogP contribution in [0.5, 0.6) is 0 Å². The topological polar surface area (TPSA) is 94.6 Å². The lowest BCUT2D eigenvalue weighted by Gasteiger charge is -2.36. The summed E-state index contributed by atoms with van der Waals surface area (Å²) in [5.41, 5.74) is 1.84. The van der Waals surface area contributed by atoms with Crippen molar-refractivity contribution in [2.75, 3.05) is 31.5 Å². The first-order chi connectivity index (χ1) is 17.1. The molecular weight excluding hydrogens is 462 g/mol. The number of rotatable bonds is 4. The molecule has 2 fully saturated rings. The summed E-state index contributed by atoms with van der Waals surface area (Å²) in [6.07, 6.45) is 5.71. The van der Waals surface area contributed by atoms with Crippen LogP contribution < -0.4 is 10.6 Å². The van der Waals surface area contributed by atoms with Gasteiger partial charge in [-0.2, -0.15) is 0 Å². The fourth-order valence-electron chi connectivity index (χ4n) is 4.67. The van der Waals surface area contributed by atoms with Crippen molar-refractivity contribution < 1.29 is 14.4 Å². The second-order valence-electron chi connectivity index (χ2n) is 9.08. The molecule has 1 saturated heterocycles. The molecule has 1 aromatic heterocycles. The normalized spacial score (nSPS) is 16.8. The van der Waals surface area contributed by atoms with Gasteiger partial charge in [0, 0.05) is 43.3 Å². The number of hydrogen-bond acceptors (Lipinski definition) is 5. The van der Waals surface area contributed by atoms with Gasteiger partial charge in [0.1, 0.15) is 0 Å². The molecule has 0 radical (unpaired) electrons. The van der Waals surface area contributed by atoms with Crippen LogP contribution in [0.3, 0.4) is 0 Å². The summed E-state index contributed by atoms with van der Waals surface area (Å²) >= 11 is 1.42. The van der Waals surface area contributed by atoms with Crippen molar-refractivity contribution in [1.29, 1.82) is 0 Å². The highest BCUT2D eigenvalue weighted by atomic mass is 32.1. The largest absolute Gasteiger partial charge is 0.335 e. The Bertz CT molecular complexity index is 1180. The highest BCUT2D eigenvalue weighted by Crippen LogP contribution is 2.26. The minimum atomic E-state index is -0.263. The van der Waals surface area contributed by atoms with Crippen molar-refractivity contribution in [3.05, 3.63) is 59.7 Å². The number of para-hydroxylation sites is 1. The van der Waals surface area contributed by atoms with Crippen LogP contribution in [0.15, 0.2) is 48.5 Å². The van der Waals surface area contributed by atoms with E-state index in [2.05, 4.69) is 15.6 Å². The summed E-state index contributed by atoms with van der Waals surface area (Å²) in [4.78, 5) is 46.2. The van der Waals surface area contributed by atoms with Gasteiger partial charge >= 0.3 is 6.03 Å². The lowest BCUT2D eigenvalue weighted by molar-refractivity contribution is 0.0662. The Morgan fingerprint density at radius 2 is 1.49 bits per heavy atom. The zero-order valence-electron chi connectivity index (χ0n) is 19.5. The molecular formula is C26H29N5O3S. The number of benzene rings is 2. The number of nitrogens with one attached hydrogen (secondary N) is 2. The number of amides is 4. The average Bonchev–Trinajstić information content (AvgIpc) is 3.31. The van der Waals surface area contributed by atoms with Crippen LogP contribution in [-0.4, -0.2) is 64.9 Å². The number of aromatic nitrogens is 1. The molecule has 1 aliphatic heterocycles. The summed E-state index contributed by atoms with van der Waals surface area (Å²) in [7, 11) is 0. The number of anilines is 1. The smallest absolute Gasteiger partial charge is 0.317 e. The predicted molar refractivity (Wildman–Crippen MR) is 137 cm³/mol. The van der Waals surface area contributed by atoms with E-state index in [-0.39, 0.29) is 23.9 Å². The molecule has 2 N–H and O–H groups in total. The second kappa shape index (κ2) is 10.4. The maximum absolute atomic E-state index is 13.0. The van der Waals surface area contributed by atoms with E-state index in [1.54, 1.807) is 34.1 Å².